The van der Waals surface area contributed by atoms with Crippen molar-refractivity contribution >= 4 is 10.1 Å². The summed E-state index contributed by atoms with van der Waals surface area (Å²) in [5, 5.41) is 0. The van der Waals surface area contributed by atoms with Crippen LogP contribution in [0.1, 0.15) is 0 Å². The highest BCUT2D eigenvalue weighted by Crippen LogP contribution is 2.01. The first-order chi connectivity index (χ1) is 8.01. The highest BCUT2D eigenvalue weighted by Gasteiger charge is 2.16. The van der Waals surface area contributed by atoms with Crippen molar-refractivity contribution in [3.8, 4) is 0 Å². The second kappa shape index (κ2) is 7.27. The zero-order valence-electron chi connectivity index (χ0n) is 10.6. The summed E-state index contributed by atoms with van der Waals surface area (Å²) in [6.45, 7) is 6.56. The Labute approximate surface area is 104 Å². The molecule has 0 unspecified atom stereocenters. The SMILES string of the molecule is COCCN1CCN(CCOS(C)(=O)=O)CC1. The monoisotopic (exact) mass is 266 g/mol. The van der Waals surface area contributed by atoms with Gasteiger partial charge >= 0.3 is 0 Å². The van der Waals surface area contributed by atoms with E-state index in [1.807, 2.05) is 0 Å². The predicted octanol–water partition coefficient (Wildman–Crippen LogP) is -0.773. The minimum atomic E-state index is -3.30. The van der Waals surface area contributed by atoms with Crippen LogP contribution in [0.15, 0.2) is 0 Å². The highest BCUT2D eigenvalue weighted by molar-refractivity contribution is 7.85. The Balaban J connectivity index is 2.11. The standard InChI is InChI=1S/C10H22N2O4S/c1-15-9-7-11-3-5-12(6-4-11)8-10-16-17(2,13)14/h3-10H2,1-2H3. The van der Waals surface area contributed by atoms with Gasteiger partial charge < -0.3 is 4.74 Å². The third-order valence-corrected chi connectivity index (χ3v) is 3.38. The smallest absolute Gasteiger partial charge is 0.264 e. The van der Waals surface area contributed by atoms with E-state index in [-0.39, 0.29) is 6.61 Å². The molecular formula is C10H22N2O4S. The summed E-state index contributed by atoms with van der Waals surface area (Å²) in [6.07, 6.45) is 1.08. The molecule has 1 aliphatic heterocycles. The maximum Gasteiger partial charge on any atom is 0.264 e. The summed E-state index contributed by atoms with van der Waals surface area (Å²) in [6, 6.07) is 0. The van der Waals surface area contributed by atoms with Gasteiger partial charge in [0.25, 0.3) is 10.1 Å². The van der Waals surface area contributed by atoms with E-state index in [0.717, 1.165) is 45.6 Å². The fraction of sp³-hybridized carbons (Fsp3) is 1.00. The predicted molar refractivity (Wildman–Crippen MR) is 65.6 cm³/mol. The topological polar surface area (TPSA) is 59.1 Å². The van der Waals surface area contributed by atoms with Gasteiger partial charge in [-0.2, -0.15) is 8.42 Å². The Morgan fingerprint density at radius 2 is 1.47 bits per heavy atom. The molecule has 0 spiro atoms. The molecular weight excluding hydrogens is 244 g/mol. The van der Waals surface area contributed by atoms with Crippen molar-refractivity contribution in [2.75, 3.05) is 65.8 Å². The molecule has 1 fully saturated rings. The van der Waals surface area contributed by atoms with E-state index >= 15 is 0 Å². The molecule has 1 aliphatic rings. The molecule has 0 aromatic rings. The van der Waals surface area contributed by atoms with E-state index in [4.69, 9.17) is 8.92 Å². The van der Waals surface area contributed by atoms with Crippen LogP contribution in [-0.4, -0.2) is 84.1 Å². The van der Waals surface area contributed by atoms with Crippen LogP contribution in [0.5, 0.6) is 0 Å². The van der Waals surface area contributed by atoms with E-state index in [1.54, 1.807) is 7.11 Å². The van der Waals surface area contributed by atoms with Crippen molar-refractivity contribution in [2.45, 2.75) is 0 Å². The van der Waals surface area contributed by atoms with Crippen molar-refractivity contribution in [3.63, 3.8) is 0 Å². The highest BCUT2D eigenvalue weighted by atomic mass is 32.2. The minimum absolute atomic E-state index is 0.247. The molecule has 0 atom stereocenters. The van der Waals surface area contributed by atoms with Crippen molar-refractivity contribution in [2.24, 2.45) is 0 Å². The molecule has 102 valence electrons. The molecule has 1 saturated heterocycles. The average Bonchev–Trinajstić information content (AvgIpc) is 2.26. The van der Waals surface area contributed by atoms with Gasteiger partial charge in [0.15, 0.2) is 0 Å². The van der Waals surface area contributed by atoms with Gasteiger partial charge in [0.2, 0.25) is 0 Å². The Morgan fingerprint density at radius 1 is 1.00 bits per heavy atom. The molecule has 0 aromatic carbocycles. The van der Waals surface area contributed by atoms with Gasteiger partial charge in [-0.05, 0) is 0 Å². The van der Waals surface area contributed by atoms with E-state index in [2.05, 4.69) is 9.80 Å². The Morgan fingerprint density at radius 3 is 1.88 bits per heavy atom. The summed E-state index contributed by atoms with van der Waals surface area (Å²) >= 11 is 0. The molecule has 0 saturated carbocycles. The van der Waals surface area contributed by atoms with Crippen molar-refractivity contribution in [1.29, 1.82) is 0 Å². The van der Waals surface area contributed by atoms with Crippen molar-refractivity contribution in [1.82, 2.24) is 9.80 Å². The molecule has 0 aliphatic carbocycles. The van der Waals surface area contributed by atoms with Gasteiger partial charge in [0.1, 0.15) is 0 Å². The molecule has 0 aromatic heterocycles. The summed E-state index contributed by atoms with van der Waals surface area (Å²) in [4.78, 5) is 4.56. The Bertz CT molecular complexity index is 299. The van der Waals surface area contributed by atoms with E-state index in [9.17, 15) is 8.42 Å². The minimum Gasteiger partial charge on any atom is -0.383 e. The molecule has 1 heterocycles. The summed E-state index contributed by atoms with van der Waals surface area (Å²) in [5.74, 6) is 0. The van der Waals surface area contributed by atoms with Crippen LogP contribution in [0.2, 0.25) is 0 Å². The average molecular weight is 266 g/mol. The number of piperazine rings is 1. The van der Waals surface area contributed by atoms with E-state index < -0.39 is 10.1 Å². The van der Waals surface area contributed by atoms with Crippen LogP contribution in [0, 0.1) is 0 Å². The lowest BCUT2D eigenvalue weighted by Gasteiger charge is -2.34. The van der Waals surface area contributed by atoms with Gasteiger partial charge in [0, 0.05) is 46.4 Å². The Kier molecular flexibility index (Phi) is 6.35. The molecule has 1 rings (SSSR count). The Hall–Kier alpha value is -0.210. The number of nitrogens with zero attached hydrogens (tertiary/aromatic N) is 2. The zero-order chi connectivity index (χ0) is 12.7. The van der Waals surface area contributed by atoms with E-state index in [0.29, 0.717) is 6.54 Å². The number of rotatable bonds is 7. The first kappa shape index (κ1) is 14.8. The van der Waals surface area contributed by atoms with Gasteiger partial charge in [-0.1, -0.05) is 0 Å². The second-order valence-electron chi connectivity index (χ2n) is 4.20. The van der Waals surface area contributed by atoms with Crippen molar-refractivity contribution < 1.29 is 17.3 Å². The molecule has 0 N–H and O–H groups in total. The molecule has 0 amide bonds. The molecule has 17 heavy (non-hydrogen) atoms. The van der Waals surface area contributed by atoms with Crippen LogP contribution >= 0.6 is 0 Å². The summed E-state index contributed by atoms with van der Waals surface area (Å²) in [7, 11) is -1.59. The number of hydrogen-bond acceptors (Lipinski definition) is 6. The quantitative estimate of drug-likeness (QED) is 0.564. The zero-order valence-corrected chi connectivity index (χ0v) is 11.4. The third kappa shape index (κ3) is 6.95. The maximum absolute atomic E-state index is 10.8. The fourth-order valence-corrected chi connectivity index (χ4v) is 2.15. The first-order valence-corrected chi connectivity index (χ1v) is 7.61. The van der Waals surface area contributed by atoms with Crippen LogP contribution in [0.25, 0.3) is 0 Å². The molecule has 6 nitrogen and oxygen atoms in total. The lowest BCUT2D eigenvalue weighted by Crippen LogP contribution is -2.48. The third-order valence-electron chi connectivity index (χ3n) is 2.78. The van der Waals surface area contributed by atoms with Crippen molar-refractivity contribution in [3.05, 3.63) is 0 Å². The van der Waals surface area contributed by atoms with Crippen LogP contribution < -0.4 is 0 Å². The largest absolute Gasteiger partial charge is 0.383 e. The van der Waals surface area contributed by atoms with Crippen LogP contribution in [0.3, 0.4) is 0 Å². The normalized spacial score (nSPS) is 19.6. The van der Waals surface area contributed by atoms with Gasteiger partial charge in [0.05, 0.1) is 19.5 Å². The van der Waals surface area contributed by atoms with Gasteiger partial charge in [-0.3, -0.25) is 14.0 Å². The molecule has 0 radical (unpaired) electrons. The van der Waals surface area contributed by atoms with Gasteiger partial charge in [-0.15, -0.1) is 0 Å². The summed E-state index contributed by atoms with van der Waals surface area (Å²) < 4.78 is 31.3. The number of hydrogen-bond donors (Lipinski definition) is 0. The maximum atomic E-state index is 10.8. The summed E-state index contributed by atoms with van der Waals surface area (Å²) in [5.41, 5.74) is 0. The number of methoxy groups -OCH3 is 1. The molecule has 0 bridgehead atoms. The lowest BCUT2D eigenvalue weighted by atomic mass is 10.3. The van der Waals surface area contributed by atoms with Gasteiger partial charge in [-0.25, -0.2) is 0 Å². The second-order valence-corrected chi connectivity index (χ2v) is 5.85. The van der Waals surface area contributed by atoms with Crippen LogP contribution in [0.4, 0.5) is 0 Å². The number of ether oxygens (including phenoxy) is 1. The van der Waals surface area contributed by atoms with Crippen LogP contribution in [-0.2, 0) is 19.0 Å². The fourth-order valence-electron chi connectivity index (χ4n) is 1.77. The van der Waals surface area contributed by atoms with E-state index in [1.165, 1.54) is 0 Å². The molecule has 7 heteroatoms. The lowest BCUT2D eigenvalue weighted by molar-refractivity contribution is 0.0900. The first-order valence-electron chi connectivity index (χ1n) is 5.79.